The van der Waals surface area contributed by atoms with Crippen LogP contribution in [0.1, 0.15) is 38.5 Å². The van der Waals surface area contributed by atoms with Crippen LogP contribution in [0.25, 0.3) is 0 Å². The molecule has 2 nitrogen and oxygen atoms in total. The third-order valence-electron chi connectivity index (χ3n) is 3.23. The van der Waals surface area contributed by atoms with E-state index in [9.17, 15) is 4.39 Å². The lowest BCUT2D eigenvalue weighted by Gasteiger charge is -2.18. The van der Waals surface area contributed by atoms with Crippen molar-refractivity contribution < 1.29 is 4.39 Å². The molecule has 88 valence electrons. The Morgan fingerprint density at radius 1 is 1.12 bits per heavy atom. The van der Waals surface area contributed by atoms with E-state index in [2.05, 4.69) is 5.32 Å². The summed E-state index contributed by atoms with van der Waals surface area (Å²) in [6.07, 6.45) is 7.47. The van der Waals surface area contributed by atoms with Gasteiger partial charge in [0.05, 0.1) is 11.4 Å². The fourth-order valence-corrected chi connectivity index (χ4v) is 2.30. The van der Waals surface area contributed by atoms with Crippen molar-refractivity contribution in [1.82, 2.24) is 0 Å². The van der Waals surface area contributed by atoms with Crippen molar-refractivity contribution in [2.24, 2.45) is 0 Å². The number of anilines is 2. The number of nitrogens with two attached hydrogens (primary N) is 1. The zero-order valence-electron chi connectivity index (χ0n) is 9.51. The maximum absolute atomic E-state index is 13.1. The first-order valence-corrected chi connectivity index (χ1v) is 6.07. The molecule has 0 heterocycles. The van der Waals surface area contributed by atoms with Gasteiger partial charge in [-0.1, -0.05) is 25.7 Å². The second-order valence-corrected chi connectivity index (χ2v) is 4.56. The highest BCUT2D eigenvalue weighted by Crippen LogP contribution is 2.25. The van der Waals surface area contributed by atoms with Gasteiger partial charge in [-0.15, -0.1) is 0 Å². The number of halogens is 1. The molecule has 16 heavy (non-hydrogen) atoms. The molecule has 1 fully saturated rings. The summed E-state index contributed by atoms with van der Waals surface area (Å²) in [5.41, 5.74) is 7.19. The van der Waals surface area contributed by atoms with E-state index in [1.54, 1.807) is 6.07 Å². The molecule has 0 spiro atoms. The maximum atomic E-state index is 13.1. The molecule has 1 saturated carbocycles. The molecule has 3 N–H and O–H groups in total. The average Bonchev–Trinajstić information content (AvgIpc) is 2.52. The van der Waals surface area contributed by atoms with Crippen LogP contribution in [-0.4, -0.2) is 6.04 Å². The molecule has 1 aliphatic rings. The van der Waals surface area contributed by atoms with Crippen molar-refractivity contribution in [3.05, 3.63) is 24.0 Å². The molecule has 0 aromatic heterocycles. The zero-order chi connectivity index (χ0) is 11.4. The number of hydrogen-bond donors (Lipinski definition) is 2. The minimum absolute atomic E-state index is 0.231. The standard InChI is InChI=1S/C13H19FN2/c14-10-7-8-12(15)13(9-10)16-11-5-3-1-2-4-6-11/h7-9,11,16H,1-6,15H2. The van der Waals surface area contributed by atoms with Crippen molar-refractivity contribution >= 4 is 11.4 Å². The molecule has 0 atom stereocenters. The molecule has 0 aliphatic heterocycles. The molecule has 0 bridgehead atoms. The van der Waals surface area contributed by atoms with Gasteiger partial charge in [0.1, 0.15) is 5.82 Å². The van der Waals surface area contributed by atoms with Crippen LogP contribution in [0.5, 0.6) is 0 Å². The lowest BCUT2D eigenvalue weighted by Crippen LogP contribution is -2.19. The number of benzene rings is 1. The van der Waals surface area contributed by atoms with Crippen molar-refractivity contribution in [3.8, 4) is 0 Å². The van der Waals surface area contributed by atoms with Crippen LogP contribution in [-0.2, 0) is 0 Å². The summed E-state index contributed by atoms with van der Waals surface area (Å²) in [5.74, 6) is -0.231. The quantitative estimate of drug-likeness (QED) is 0.593. The Labute approximate surface area is 96.0 Å². The van der Waals surface area contributed by atoms with Crippen molar-refractivity contribution in [2.75, 3.05) is 11.1 Å². The van der Waals surface area contributed by atoms with Crippen LogP contribution in [0.2, 0.25) is 0 Å². The van der Waals surface area contributed by atoms with Gasteiger partial charge in [-0.2, -0.15) is 0 Å². The first kappa shape index (κ1) is 11.2. The minimum Gasteiger partial charge on any atom is -0.397 e. The van der Waals surface area contributed by atoms with Crippen molar-refractivity contribution in [3.63, 3.8) is 0 Å². The maximum Gasteiger partial charge on any atom is 0.125 e. The third kappa shape index (κ3) is 2.87. The number of nitrogens with one attached hydrogen (secondary N) is 1. The molecular weight excluding hydrogens is 203 g/mol. The van der Waals surface area contributed by atoms with E-state index in [0.29, 0.717) is 11.7 Å². The minimum atomic E-state index is -0.231. The highest BCUT2D eigenvalue weighted by atomic mass is 19.1. The van der Waals surface area contributed by atoms with E-state index in [0.717, 1.165) is 18.5 Å². The van der Waals surface area contributed by atoms with E-state index in [1.807, 2.05) is 0 Å². The molecule has 3 heteroatoms. The van der Waals surface area contributed by atoms with Crippen LogP contribution in [0, 0.1) is 5.82 Å². The Morgan fingerprint density at radius 2 is 1.81 bits per heavy atom. The number of rotatable bonds is 2. The van der Waals surface area contributed by atoms with Gasteiger partial charge in [-0.25, -0.2) is 4.39 Å². The summed E-state index contributed by atoms with van der Waals surface area (Å²) in [7, 11) is 0. The highest BCUT2D eigenvalue weighted by Gasteiger charge is 2.13. The predicted octanol–water partition coefficient (Wildman–Crippen LogP) is 3.54. The van der Waals surface area contributed by atoms with E-state index in [4.69, 9.17) is 5.73 Å². The van der Waals surface area contributed by atoms with Gasteiger partial charge < -0.3 is 11.1 Å². The normalized spacial score (nSPS) is 18.1. The Bertz CT molecular complexity index is 344. The third-order valence-corrected chi connectivity index (χ3v) is 3.23. The smallest absolute Gasteiger partial charge is 0.125 e. The van der Waals surface area contributed by atoms with Gasteiger partial charge in [0, 0.05) is 6.04 Å². The van der Waals surface area contributed by atoms with Crippen LogP contribution in [0.3, 0.4) is 0 Å². The summed E-state index contributed by atoms with van der Waals surface area (Å²) < 4.78 is 13.1. The molecule has 0 radical (unpaired) electrons. The Morgan fingerprint density at radius 3 is 2.50 bits per heavy atom. The van der Waals surface area contributed by atoms with Gasteiger partial charge >= 0.3 is 0 Å². The van der Waals surface area contributed by atoms with Crippen molar-refractivity contribution in [2.45, 2.75) is 44.6 Å². The molecule has 0 amide bonds. The average molecular weight is 222 g/mol. The highest BCUT2D eigenvalue weighted by molar-refractivity contribution is 5.66. The largest absolute Gasteiger partial charge is 0.397 e. The van der Waals surface area contributed by atoms with Gasteiger partial charge in [0.15, 0.2) is 0 Å². The summed E-state index contributed by atoms with van der Waals surface area (Å²) >= 11 is 0. The molecular formula is C13H19FN2. The Hall–Kier alpha value is -1.25. The van der Waals surface area contributed by atoms with Crippen molar-refractivity contribution in [1.29, 1.82) is 0 Å². The van der Waals surface area contributed by atoms with E-state index < -0.39 is 0 Å². The van der Waals surface area contributed by atoms with Crippen LogP contribution < -0.4 is 11.1 Å². The first-order chi connectivity index (χ1) is 7.75. The lowest BCUT2D eigenvalue weighted by atomic mass is 10.1. The van der Waals surface area contributed by atoms with Crippen LogP contribution >= 0.6 is 0 Å². The summed E-state index contributed by atoms with van der Waals surface area (Å²) in [5, 5.41) is 3.36. The van der Waals surface area contributed by atoms with Gasteiger partial charge in [0.2, 0.25) is 0 Å². The predicted molar refractivity (Wildman–Crippen MR) is 65.9 cm³/mol. The molecule has 2 rings (SSSR count). The van der Waals surface area contributed by atoms with Crippen LogP contribution in [0.4, 0.5) is 15.8 Å². The van der Waals surface area contributed by atoms with Gasteiger partial charge in [-0.3, -0.25) is 0 Å². The Kier molecular flexibility index (Phi) is 3.65. The van der Waals surface area contributed by atoms with Crippen LogP contribution in [0.15, 0.2) is 18.2 Å². The number of nitrogen functional groups attached to an aromatic ring is 1. The molecule has 0 saturated heterocycles. The van der Waals surface area contributed by atoms with Gasteiger partial charge in [0.25, 0.3) is 0 Å². The summed E-state index contributed by atoms with van der Waals surface area (Å²) in [4.78, 5) is 0. The van der Waals surface area contributed by atoms with E-state index in [-0.39, 0.29) is 5.82 Å². The first-order valence-electron chi connectivity index (χ1n) is 6.07. The monoisotopic (exact) mass is 222 g/mol. The second-order valence-electron chi connectivity index (χ2n) is 4.56. The second kappa shape index (κ2) is 5.19. The summed E-state index contributed by atoms with van der Waals surface area (Å²) in [6.45, 7) is 0. The molecule has 0 unspecified atom stereocenters. The molecule has 1 aromatic carbocycles. The topological polar surface area (TPSA) is 38.0 Å². The zero-order valence-corrected chi connectivity index (χ0v) is 9.51. The van der Waals surface area contributed by atoms with Gasteiger partial charge in [-0.05, 0) is 31.0 Å². The lowest BCUT2D eigenvalue weighted by molar-refractivity contribution is 0.613. The molecule has 1 aromatic rings. The SMILES string of the molecule is Nc1ccc(F)cc1NC1CCCCCC1. The fourth-order valence-electron chi connectivity index (χ4n) is 2.30. The van der Waals surface area contributed by atoms with E-state index in [1.165, 1.54) is 37.8 Å². The van der Waals surface area contributed by atoms with E-state index >= 15 is 0 Å². The number of hydrogen-bond acceptors (Lipinski definition) is 2. The summed E-state index contributed by atoms with van der Waals surface area (Å²) in [6, 6.07) is 4.95. The molecule has 1 aliphatic carbocycles. The fraction of sp³-hybridized carbons (Fsp3) is 0.538. The Balaban J connectivity index is 2.04.